The number of aromatic nitrogens is 3. The summed E-state index contributed by atoms with van der Waals surface area (Å²) < 4.78 is 6.26. The second-order valence-corrected chi connectivity index (χ2v) is 11.5. The van der Waals surface area contributed by atoms with Crippen LogP contribution in [0.15, 0.2) is 138 Å². The Morgan fingerprint density at radius 3 is 2.07 bits per heavy atom. The number of rotatable bonds is 4. The van der Waals surface area contributed by atoms with Crippen LogP contribution in [-0.4, -0.2) is 15.0 Å². The Morgan fingerprint density at radius 2 is 1.18 bits per heavy atom. The SMILES string of the molecule is C1=Cc2c(c(-c3nc(-c4ccccc4)nc(-c4ccccc4-c4cccc5oc6ccccc6c45)n3)cc3ccccc23)CC1. The monoisotopic (exact) mass is 577 g/mol. The van der Waals surface area contributed by atoms with E-state index in [0.717, 1.165) is 62.6 Å². The zero-order valence-electron chi connectivity index (χ0n) is 24.4. The molecule has 2 aromatic heterocycles. The second kappa shape index (κ2) is 10.4. The van der Waals surface area contributed by atoms with E-state index < -0.39 is 0 Å². The van der Waals surface area contributed by atoms with E-state index in [-0.39, 0.29) is 0 Å². The third-order valence-electron chi connectivity index (χ3n) is 8.82. The van der Waals surface area contributed by atoms with Gasteiger partial charge in [-0.1, -0.05) is 121 Å². The minimum Gasteiger partial charge on any atom is -0.456 e. The molecule has 2 heterocycles. The molecule has 1 aliphatic carbocycles. The first kappa shape index (κ1) is 25.6. The molecular weight excluding hydrogens is 550 g/mol. The number of furan rings is 1. The van der Waals surface area contributed by atoms with Gasteiger partial charge in [-0.05, 0) is 64.1 Å². The fourth-order valence-electron chi connectivity index (χ4n) is 6.75. The lowest BCUT2D eigenvalue weighted by Crippen LogP contribution is -2.05. The van der Waals surface area contributed by atoms with Gasteiger partial charge in [-0.3, -0.25) is 0 Å². The smallest absolute Gasteiger partial charge is 0.164 e. The van der Waals surface area contributed by atoms with Crippen molar-refractivity contribution in [3.05, 3.63) is 145 Å². The van der Waals surface area contributed by atoms with Crippen molar-refractivity contribution >= 4 is 38.8 Å². The number of nitrogens with zero attached hydrogens (tertiary/aromatic N) is 3. The van der Waals surface area contributed by atoms with Crippen LogP contribution >= 0.6 is 0 Å². The molecule has 0 amide bonds. The van der Waals surface area contributed by atoms with Crippen molar-refractivity contribution in [2.45, 2.75) is 12.8 Å². The second-order valence-electron chi connectivity index (χ2n) is 11.5. The topological polar surface area (TPSA) is 51.8 Å². The maximum Gasteiger partial charge on any atom is 0.164 e. The zero-order valence-corrected chi connectivity index (χ0v) is 24.4. The molecule has 1 aliphatic rings. The number of allylic oxidation sites excluding steroid dienone is 1. The van der Waals surface area contributed by atoms with Crippen molar-refractivity contribution in [2.24, 2.45) is 0 Å². The first-order valence-electron chi connectivity index (χ1n) is 15.3. The maximum absolute atomic E-state index is 6.26. The fourth-order valence-corrected chi connectivity index (χ4v) is 6.75. The van der Waals surface area contributed by atoms with E-state index in [1.54, 1.807) is 0 Å². The molecule has 6 aromatic carbocycles. The molecule has 45 heavy (non-hydrogen) atoms. The molecule has 0 unspecified atom stereocenters. The lowest BCUT2D eigenvalue weighted by atomic mass is 9.88. The average molecular weight is 578 g/mol. The van der Waals surface area contributed by atoms with Gasteiger partial charge in [0.1, 0.15) is 11.2 Å². The van der Waals surface area contributed by atoms with E-state index in [2.05, 4.69) is 103 Å². The summed E-state index contributed by atoms with van der Waals surface area (Å²) in [5.41, 5.74) is 9.39. The molecule has 0 fully saturated rings. The van der Waals surface area contributed by atoms with Crippen LogP contribution in [0.3, 0.4) is 0 Å². The molecule has 0 radical (unpaired) electrons. The molecule has 8 aromatic rings. The highest BCUT2D eigenvalue weighted by molar-refractivity contribution is 6.13. The van der Waals surface area contributed by atoms with E-state index in [4.69, 9.17) is 19.4 Å². The van der Waals surface area contributed by atoms with Crippen molar-refractivity contribution in [3.8, 4) is 45.3 Å². The summed E-state index contributed by atoms with van der Waals surface area (Å²) in [6.07, 6.45) is 6.46. The number of hydrogen-bond acceptors (Lipinski definition) is 4. The highest BCUT2D eigenvalue weighted by Crippen LogP contribution is 2.41. The minimum atomic E-state index is 0.646. The van der Waals surface area contributed by atoms with Crippen LogP contribution in [0.2, 0.25) is 0 Å². The average Bonchev–Trinajstić information content (AvgIpc) is 3.50. The molecule has 4 nitrogen and oxygen atoms in total. The van der Waals surface area contributed by atoms with Gasteiger partial charge >= 0.3 is 0 Å². The molecule has 0 saturated carbocycles. The van der Waals surface area contributed by atoms with Crippen molar-refractivity contribution in [1.82, 2.24) is 15.0 Å². The van der Waals surface area contributed by atoms with Gasteiger partial charge in [-0.2, -0.15) is 0 Å². The van der Waals surface area contributed by atoms with Gasteiger partial charge in [-0.25, -0.2) is 15.0 Å². The van der Waals surface area contributed by atoms with E-state index in [0.29, 0.717) is 17.5 Å². The molecule has 4 heteroatoms. The Morgan fingerprint density at radius 1 is 0.511 bits per heavy atom. The van der Waals surface area contributed by atoms with Gasteiger partial charge in [-0.15, -0.1) is 0 Å². The Labute approximate surface area is 260 Å². The van der Waals surface area contributed by atoms with Gasteiger partial charge in [0.2, 0.25) is 0 Å². The lowest BCUT2D eigenvalue weighted by molar-refractivity contribution is 0.669. The Bertz CT molecular complexity index is 2440. The lowest BCUT2D eigenvalue weighted by Gasteiger charge is -2.19. The molecule has 0 atom stereocenters. The third-order valence-corrected chi connectivity index (χ3v) is 8.82. The Balaban J connectivity index is 1.32. The van der Waals surface area contributed by atoms with Gasteiger partial charge in [0, 0.05) is 27.5 Å². The van der Waals surface area contributed by atoms with E-state index in [1.807, 2.05) is 36.4 Å². The van der Waals surface area contributed by atoms with Crippen LogP contribution in [0.4, 0.5) is 0 Å². The summed E-state index contributed by atoms with van der Waals surface area (Å²) in [7, 11) is 0. The van der Waals surface area contributed by atoms with E-state index in [9.17, 15) is 0 Å². The van der Waals surface area contributed by atoms with Crippen molar-refractivity contribution in [1.29, 1.82) is 0 Å². The number of benzene rings is 6. The van der Waals surface area contributed by atoms with E-state index >= 15 is 0 Å². The molecular formula is C41H27N3O. The Hall–Kier alpha value is -5.87. The summed E-state index contributed by atoms with van der Waals surface area (Å²) in [5.74, 6) is 2.00. The van der Waals surface area contributed by atoms with Crippen LogP contribution < -0.4 is 0 Å². The zero-order chi connectivity index (χ0) is 29.7. The Kier molecular flexibility index (Phi) is 5.91. The van der Waals surface area contributed by atoms with E-state index in [1.165, 1.54) is 21.9 Å². The largest absolute Gasteiger partial charge is 0.456 e. The van der Waals surface area contributed by atoms with Crippen molar-refractivity contribution in [2.75, 3.05) is 0 Å². The van der Waals surface area contributed by atoms with Gasteiger partial charge in [0.05, 0.1) is 0 Å². The molecule has 212 valence electrons. The predicted molar refractivity (Wildman–Crippen MR) is 184 cm³/mol. The summed E-state index contributed by atoms with van der Waals surface area (Å²) in [6.45, 7) is 0. The summed E-state index contributed by atoms with van der Waals surface area (Å²) in [5, 5.41) is 4.62. The van der Waals surface area contributed by atoms with Gasteiger partial charge in [0.15, 0.2) is 17.5 Å². The summed E-state index contributed by atoms with van der Waals surface area (Å²) >= 11 is 0. The third kappa shape index (κ3) is 4.26. The van der Waals surface area contributed by atoms with Gasteiger partial charge < -0.3 is 4.42 Å². The quantitative estimate of drug-likeness (QED) is 0.209. The van der Waals surface area contributed by atoms with Crippen LogP contribution in [0.1, 0.15) is 17.5 Å². The highest BCUT2D eigenvalue weighted by Gasteiger charge is 2.21. The number of hydrogen-bond donors (Lipinski definition) is 0. The van der Waals surface area contributed by atoms with Crippen LogP contribution in [0.25, 0.3) is 84.1 Å². The normalized spacial score (nSPS) is 12.6. The van der Waals surface area contributed by atoms with Crippen LogP contribution in [0.5, 0.6) is 0 Å². The summed E-state index contributed by atoms with van der Waals surface area (Å²) in [6, 6.07) is 43.9. The highest BCUT2D eigenvalue weighted by atomic mass is 16.3. The predicted octanol–water partition coefficient (Wildman–Crippen LogP) is 10.6. The molecule has 0 saturated heterocycles. The number of fused-ring (bicyclic) bond motifs is 6. The molecule has 0 N–H and O–H groups in total. The fraction of sp³-hybridized carbons (Fsp3) is 0.0488. The summed E-state index contributed by atoms with van der Waals surface area (Å²) in [4.78, 5) is 15.5. The molecule has 0 aliphatic heterocycles. The first-order chi connectivity index (χ1) is 22.3. The van der Waals surface area contributed by atoms with Crippen LogP contribution in [-0.2, 0) is 6.42 Å². The standard InChI is InChI=1S/C41H27N3O/c1-2-13-26(14-3-1)39-42-40(44-41(43-39)35-25-27-15-4-5-16-28(27)29-17-6-7-18-30(29)35)33-20-9-8-19-31(33)32-22-12-24-37-38(32)34-21-10-11-23-36(34)45-37/h1-6,8-17,19-25H,7,18H2. The maximum atomic E-state index is 6.26. The van der Waals surface area contributed by atoms with Gasteiger partial charge in [0.25, 0.3) is 0 Å². The molecule has 0 bridgehead atoms. The number of para-hydroxylation sites is 1. The van der Waals surface area contributed by atoms with Crippen molar-refractivity contribution in [3.63, 3.8) is 0 Å². The minimum absolute atomic E-state index is 0.646. The molecule has 0 spiro atoms. The van der Waals surface area contributed by atoms with Crippen molar-refractivity contribution < 1.29 is 4.42 Å². The van der Waals surface area contributed by atoms with Crippen LogP contribution in [0, 0.1) is 0 Å². The first-order valence-corrected chi connectivity index (χ1v) is 15.3. The molecule has 9 rings (SSSR count).